The van der Waals surface area contributed by atoms with Crippen LogP contribution in [0.25, 0.3) is 0 Å². The molecule has 0 aliphatic heterocycles. The second-order valence-corrected chi connectivity index (χ2v) is 8.06. The van der Waals surface area contributed by atoms with Crippen LogP contribution >= 0.6 is 22.9 Å². The van der Waals surface area contributed by atoms with E-state index in [9.17, 15) is 8.42 Å². The summed E-state index contributed by atoms with van der Waals surface area (Å²) in [5.74, 6) is 0. The summed E-state index contributed by atoms with van der Waals surface area (Å²) in [6, 6.07) is 7.75. The van der Waals surface area contributed by atoms with Gasteiger partial charge in [0.05, 0.1) is 6.20 Å². The molecule has 0 fully saturated rings. The van der Waals surface area contributed by atoms with Gasteiger partial charge in [-0.2, -0.15) is 4.31 Å². The van der Waals surface area contributed by atoms with E-state index < -0.39 is 10.0 Å². The SMILES string of the molecule is Cc1ccc(CN(C)S(=O)(=O)c2cnc(Cl)s2)cc1. The summed E-state index contributed by atoms with van der Waals surface area (Å²) < 4.78 is 26.2. The summed E-state index contributed by atoms with van der Waals surface area (Å²) in [7, 11) is -1.98. The average Bonchev–Trinajstić information content (AvgIpc) is 2.79. The van der Waals surface area contributed by atoms with E-state index >= 15 is 0 Å². The molecule has 0 N–H and O–H groups in total. The van der Waals surface area contributed by atoms with E-state index in [1.165, 1.54) is 10.5 Å². The molecule has 4 nitrogen and oxygen atoms in total. The lowest BCUT2D eigenvalue weighted by molar-refractivity contribution is 0.468. The predicted octanol–water partition coefficient (Wildman–Crippen LogP) is 2.93. The van der Waals surface area contributed by atoms with E-state index in [0.717, 1.165) is 22.5 Å². The van der Waals surface area contributed by atoms with Crippen molar-refractivity contribution in [2.75, 3.05) is 7.05 Å². The molecule has 0 saturated heterocycles. The van der Waals surface area contributed by atoms with Gasteiger partial charge in [-0.1, -0.05) is 52.8 Å². The van der Waals surface area contributed by atoms with Crippen LogP contribution < -0.4 is 0 Å². The van der Waals surface area contributed by atoms with Crippen molar-refractivity contribution < 1.29 is 8.42 Å². The molecule has 1 aromatic carbocycles. The molecule has 2 rings (SSSR count). The summed E-state index contributed by atoms with van der Waals surface area (Å²) in [4.78, 5) is 3.76. The topological polar surface area (TPSA) is 50.3 Å². The highest BCUT2D eigenvalue weighted by Crippen LogP contribution is 2.25. The molecule has 7 heteroatoms. The highest BCUT2D eigenvalue weighted by molar-refractivity contribution is 7.91. The fourth-order valence-electron chi connectivity index (χ4n) is 1.55. The molecule has 102 valence electrons. The predicted molar refractivity (Wildman–Crippen MR) is 77.0 cm³/mol. The molecule has 1 heterocycles. The lowest BCUT2D eigenvalue weighted by atomic mass is 10.1. The lowest BCUT2D eigenvalue weighted by Gasteiger charge is -2.15. The van der Waals surface area contributed by atoms with Gasteiger partial charge in [0.2, 0.25) is 0 Å². The third-order valence-electron chi connectivity index (χ3n) is 2.65. The van der Waals surface area contributed by atoms with Gasteiger partial charge < -0.3 is 0 Å². The summed E-state index contributed by atoms with van der Waals surface area (Å²) >= 11 is 6.63. The molecule has 0 aliphatic carbocycles. The van der Waals surface area contributed by atoms with Crippen LogP contribution in [0.1, 0.15) is 11.1 Å². The van der Waals surface area contributed by atoms with E-state index in [0.29, 0.717) is 6.54 Å². The van der Waals surface area contributed by atoms with E-state index in [1.807, 2.05) is 31.2 Å². The highest BCUT2D eigenvalue weighted by atomic mass is 35.5. The molecule has 1 aromatic heterocycles. The molecule has 0 bridgehead atoms. The molecular formula is C12H13ClN2O2S2. The third kappa shape index (κ3) is 3.33. The number of rotatable bonds is 4. The van der Waals surface area contributed by atoms with Crippen molar-refractivity contribution in [2.45, 2.75) is 17.7 Å². The quantitative estimate of drug-likeness (QED) is 0.871. The average molecular weight is 317 g/mol. The van der Waals surface area contributed by atoms with E-state index in [1.54, 1.807) is 7.05 Å². The van der Waals surface area contributed by atoms with Gasteiger partial charge in [0.15, 0.2) is 8.68 Å². The summed E-state index contributed by atoms with van der Waals surface area (Å²) in [5, 5.41) is 0. The molecule has 19 heavy (non-hydrogen) atoms. The molecule has 0 radical (unpaired) electrons. The van der Waals surface area contributed by atoms with Gasteiger partial charge >= 0.3 is 0 Å². The minimum atomic E-state index is -3.52. The number of halogens is 1. The van der Waals surface area contributed by atoms with Gasteiger partial charge in [-0.25, -0.2) is 13.4 Å². The molecule has 0 amide bonds. The van der Waals surface area contributed by atoms with Crippen LogP contribution in [0.3, 0.4) is 0 Å². The van der Waals surface area contributed by atoms with E-state index in [4.69, 9.17) is 11.6 Å². The zero-order chi connectivity index (χ0) is 14.0. The van der Waals surface area contributed by atoms with Crippen molar-refractivity contribution in [3.05, 3.63) is 46.1 Å². The summed E-state index contributed by atoms with van der Waals surface area (Å²) in [6.45, 7) is 2.31. The fourth-order valence-corrected chi connectivity index (χ4v) is 4.21. The summed E-state index contributed by atoms with van der Waals surface area (Å²) in [5.41, 5.74) is 2.08. The van der Waals surface area contributed by atoms with Crippen molar-refractivity contribution in [1.82, 2.24) is 9.29 Å². The number of thiazole rings is 1. The fraction of sp³-hybridized carbons (Fsp3) is 0.250. The van der Waals surface area contributed by atoms with Gasteiger partial charge in [0.1, 0.15) is 0 Å². The second kappa shape index (κ2) is 5.58. The Labute approximate surface area is 121 Å². The first kappa shape index (κ1) is 14.5. The van der Waals surface area contributed by atoms with Gasteiger partial charge in [-0.05, 0) is 12.5 Å². The minimum Gasteiger partial charge on any atom is -0.232 e. The van der Waals surface area contributed by atoms with Crippen LogP contribution in [0.2, 0.25) is 4.47 Å². The van der Waals surface area contributed by atoms with Crippen LogP contribution in [-0.4, -0.2) is 24.8 Å². The molecule has 0 spiro atoms. The van der Waals surface area contributed by atoms with Crippen LogP contribution in [-0.2, 0) is 16.6 Å². The zero-order valence-electron chi connectivity index (χ0n) is 10.5. The summed E-state index contributed by atoms with van der Waals surface area (Å²) in [6.07, 6.45) is 1.29. The maximum atomic E-state index is 12.3. The molecule has 0 aliphatic rings. The van der Waals surface area contributed by atoms with Gasteiger partial charge in [0, 0.05) is 13.6 Å². The van der Waals surface area contributed by atoms with Crippen LogP contribution in [0.4, 0.5) is 0 Å². The Morgan fingerprint density at radius 1 is 1.32 bits per heavy atom. The smallest absolute Gasteiger partial charge is 0.232 e. The molecule has 0 atom stereocenters. The third-order valence-corrected chi connectivity index (χ3v) is 6.00. The first-order valence-electron chi connectivity index (χ1n) is 5.53. The minimum absolute atomic E-state index is 0.159. The van der Waals surface area contributed by atoms with Gasteiger partial charge in [-0.3, -0.25) is 0 Å². The standard InChI is InChI=1S/C12H13ClN2O2S2/c1-9-3-5-10(6-4-9)8-15(2)19(16,17)11-7-14-12(13)18-11/h3-7H,8H2,1-2H3. The Kier molecular flexibility index (Phi) is 4.25. The highest BCUT2D eigenvalue weighted by Gasteiger charge is 2.23. The Morgan fingerprint density at radius 3 is 2.47 bits per heavy atom. The molecule has 2 aromatic rings. The lowest BCUT2D eigenvalue weighted by Crippen LogP contribution is -2.25. The Balaban J connectivity index is 2.19. The molecular weight excluding hydrogens is 304 g/mol. The van der Waals surface area contributed by atoms with Crippen LogP contribution in [0.15, 0.2) is 34.7 Å². The van der Waals surface area contributed by atoms with Gasteiger partial charge in [-0.15, -0.1) is 0 Å². The van der Waals surface area contributed by atoms with Crippen LogP contribution in [0.5, 0.6) is 0 Å². The second-order valence-electron chi connectivity index (χ2n) is 4.18. The van der Waals surface area contributed by atoms with Crippen molar-refractivity contribution in [3.8, 4) is 0 Å². The van der Waals surface area contributed by atoms with Crippen molar-refractivity contribution in [3.63, 3.8) is 0 Å². The number of nitrogens with zero attached hydrogens (tertiary/aromatic N) is 2. The maximum absolute atomic E-state index is 12.3. The Hall–Kier alpha value is -0.950. The molecule has 0 unspecified atom stereocenters. The molecule has 0 saturated carbocycles. The largest absolute Gasteiger partial charge is 0.254 e. The van der Waals surface area contributed by atoms with E-state index in [-0.39, 0.29) is 8.68 Å². The number of hydrogen-bond acceptors (Lipinski definition) is 4. The zero-order valence-corrected chi connectivity index (χ0v) is 12.9. The Morgan fingerprint density at radius 2 is 1.95 bits per heavy atom. The maximum Gasteiger partial charge on any atom is 0.254 e. The first-order chi connectivity index (χ1) is 8.89. The number of benzene rings is 1. The van der Waals surface area contributed by atoms with Crippen molar-refractivity contribution in [2.24, 2.45) is 0 Å². The Bertz CT molecular complexity index is 665. The normalized spacial score (nSPS) is 12.0. The number of hydrogen-bond donors (Lipinski definition) is 0. The number of aryl methyl sites for hydroxylation is 1. The van der Waals surface area contributed by atoms with Crippen molar-refractivity contribution in [1.29, 1.82) is 0 Å². The van der Waals surface area contributed by atoms with Crippen LogP contribution in [0, 0.1) is 6.92 Å². The van der Waals surface area contributed by atoms with Crippen molar-refractivity contribution >= 4 is 33.0 Å². The monoisotopic (exact) mass is 316 g/mol. The van der Waals surface area contributed by atoms with Gasteiger partial charge in [0.25, 0.3) is 10.0 Å². The number of aromatic nitrogens is 1. The van der Waals surface area contributed by atoms with E-state index in [2.05, 4.69) is 4.98 Å². The first-order valence-corrected chi connectivity index (χ1v) is 8.16. The number of sulfonamides is 1.